The molecule has 0 aliphatic carbocycles. The molecule has 132 valence electrons. The van der Waals surface area contributed by atoms with Crippen molar-refractivity contribution in [3.05, 3.63) is 23.5 Å². The summed E-state index contributed by atoms with van der Waals surface area (Å²) in [5.74, 6) is 0.271. The van der Waals surface area contributed by atoms with Crippen LogP contribution in [0.5, 0.6) is 0 Å². The maximum atomic E-state index is 12.6. The molecule has 0 fully saturated rings. The lowest BCUT2D eigenvalue weighted by atomic mass is 9.88. The Morgan fingerprint density at radius 3 is 2.50 bits per heavy atom. The first-order chi connectivity index (χ1) is 10.9. The summed E-state index contributed by atoms with van der Waals surface area (Å²) in [5.41, 5.74) is 1.33. The maximum absolute atomic E-state index is 12.6. The molecule has 0 saturated carbocycles. The van der Waals surface area contributed by atoms with Gasteiger partial charge in [0.2, 0.25) is 0 Å². The molecule has 5 heteroatoms. The number of anilines is 1. The number of ether oxygens (including phenoxy) is 1. The lowest BCUT2D eigenvalue weighted by Crippen LogP contribution is -2.38. The van der Waals surface area contributed by atoms with Crippen molar-refractivity contribution in [2.45, 2.75) is 65.9 Å². The molecule has 0 aromatic carbocycles. The van der Waals surface area contributed by atoms with Crippen LogP contribution in [-0.2, 0) is 10.2 Å². The zero-order chi connectivity index (χ0) is 18.3. The summed E-state index contributed by atoms with van der Waals surface area (Å²) < 4.78 is 5.52. The van der Waals surface area contributed by atoms with Gasteiger partial charge in [0.25, 0.3) is 0 Å². The Balaban J connectivity index is 2.38. The first-order valence-corrected chi connectivity index (χ1v) is 8.45. The van der Waals surface area contributed by atoms with E-state index in [1.165, 1.54) is 0 Å². The highest BCUT2D eigenvalue weighted by molar-refractivity contribution is 5.98. The van der Waals surface area contributed by atoms with Gasteiger partial charge >= 0.3 is 6.09 Å². The number of aromatic nitrogens is 1. The highest BCUT2D eigenvalue weighted by Gasteiger charge is 2.40. The van der Waals surface area contributed by atoms with Gasteiger partial charge in [0.1, 0.15) is 11.3 Å². The second-order valence-corrected chi connectivity index (χ2v) is 8.56. The number of hydrogen-bond acceptors (Lipinski definition) is 4. The van der Waals surface area contributed by atoms with Crippen molar-refractivity contribution in [2.24, 2.45) is 5.92 Å². The van der Waals surface area contributed by atoms with E-state index in [0.29, 0.717) is 18.7 Å². The van der Waals surface area contributed by atoms with E-state index in [9.17, 15) is 9.59 Å². The molecule has 0 N–H and O–H groups in total. The Hall–Kier alpha value is -1.91. The van der Waals surface area contributed by atoms with Crippen LogP contribution >= 0.6 is 0 Å². The van der Waals surface area contributed by atoms with Crippen LogP contribution in [0.15, 0.2) is 12.3 Å². The summed E-state index contributed by atoms with van der Waals surface area (Å²) in [6, 6.07) is 1.73. The standard InChI is InChI=1S/C19H28N2O3/c1-12(2)8-16(22)14-9-15-13(10-20-14)19(6,7)11-21(15)17(23)24-18(3,4)5/h9-10,12H,8,11H2,1-7H3. The molecule has 0 spiro atoms. The van der Waals surface area contributed by atoms with Crippen molar-refractivity contribution < 1.29 is 14.3 Å². The maximum Gasteiger partial charge on any atom is 0.414 e. The second-order valence-electron chi connectivity index (χ2n) is 8.56. The lowest BCUT2D eigenvalue weighted by Gasteiger charge is -2.26. The molecule has 1 aliphatic heterocycles. The van der Waals surface area contributed by atoms with Gasteiger partial charge in [-0.2, -0.15) is 0 Å². The van der Waals surface area contributed by atoms with E-state index in [0.717, 1.165) is 11.3 Å². The van der Waals surface area contributed by atoms with Gasteiger partial charge in [-0.05, 0) is 32.8 Å². The molecule has 1 aliphatic rings. The number of carbonyl (C=O) groups excluding carboxylic acids is 2. The van der Waals surface area contributed by atoms with Crippen LogP contribution in [0.3, 0.4) is 0 Å². The highest BCUT2D eigenvalue weighted by Crippen LogP contribution is 2.41. The highest BCUT2D eigenvalue weighted by atomic mass is 16.6. The Bertz CT molecular complexity index is 657. The summed E-state index contributed by atoms with van der Waals surface area (Å²) >= 11 is 0. The first kappa shape index (κ1) is 18.4. The molecule has 0 saturated heterocycles. The molecule has 0 bridgehead atoms. The zero-order valence-corrected chi connectivity index (χ0v) is 15.8. The van der Waals surface area contributed by atoms with Crippen molar-refractivity contribution in [1.29, 1.82) is 0 Å². The van der Waals surface area contributed by atoms with Crippen LogP contribution in [0.4, 0.5) is 10.5 Å². The van der Waals surface area contributed by atoms with Crippen LogP contribution < -0.4 is 4.90 Å². The monoisotopic (exact) mass is 332 g/mol. The van der Waals surface area contributed by atoms with E-state index in [1.807, 2.05) is 34.6 Å². The largest absolute Gasteiger partial charge is 0.443 e. The summed E-state index contributed by atoms with van der Waals surface area (Å²) in [4.78, 5) is 30.9. The molecular weight excluding hydrogens is 304 g/mol. The van der Waals surface area contributed by atoms with E-state index in [1.54, 1.807) is 17.2 Å². The van der Waals surface area contributed by atoms with E-state index >= 15 is 0 Å². The van der Waals surface area contributed by atoms with Gasteiger partial charge in [-0.15, -0.1) is 0 Å². The molecule has 1 aromatic heterocycles. The van der Waals surface area contributed by atoms with E-state index in [2.05, 4.69) is 18.8 Å². The topological polar surface area (TPSA) is 59.5 Å². The minimum absolute atomic E-state index is 0.00152. The summed E-state index contributed by atoms with van der Waals surface area (Å²) in [6.07, 6.45) is 1.79. The lowest BCUT2D eigenvalue weighted by molar-refractivity contribution is 0.0579. The van der Waals surface area contributed by atoms with Crippen molar-refractivity contribution in [2.75, 3.05) is 11.4 Å². The summed E-state index contributed by atoms with van der Waals surface area (Å²) in [5, 5.41) is 0. The van der Waals surface area contributed by atoms with Crippen LogP contribution in [0, 0.1) is 5.92 Å². The molecule has 5 nitrogen and oxygen atoms in total. The molecule has 1 aromatic rings. The minimum Gasteiger partial charge on any atom is -0.443 e. The summed E-state index contributed by atoms with van der Waals surface area (Å²) in [7, 11) is 0. The molecule has 0 unspecified atom stereocenters. The number of pyridine rings is 1. The van der Waals surface area contributed by atoms with Gasteiger partial charge in [0.05, 0.1) is 5.69 Å². The van der Waals surface area contributed by atoms with E-state index in [-0.39, 0.29) is 23.2 Å². The third kappa shape index (κ3) is 3.94. The summed E-state index contributed by atoms with van der Waals surface area (Å²) in [6.45, 7) is 14.2. The van der Waals surface area contributed by atoms with Gasteiger partial charge < -0.3 is 4.74 Å². The van der Waals surface area contributed by atoms with Crippen molar-refractivity contribution in [1.82, 2.24) is 4.98 Å². The van der Waals surface area contributed by atoms with Gasteiger partial charge in [0, 0.05) is 30.1 Å². The number of amides is 1. The van der Waals surface area contributed by atoms with Gasteiger partial charge in [0.15, 0.2) is 5.78 Å². The number of nitrogens with zero attached hydrogens (tertiary/aromatic N) is 2. The van der Waals surface area contributed by atoms with Crippen molar-refractivity contribution >= 4 is 17.6 Å². The number of ketones is 1. The minimum atomic E-state index is -0.562. The van der Waals surface area contributed by atoms with E-state index in [4.69, 9.17) is 4.74 Å². The Kier molecular flexibility index (Phi) is 4.75. The molecular formula is C19H28N2O3. The number of hydrogen-bond donors (Lipinski definition) is 0. The Morgan fingerprint density at radius 1 is 1.33 bits per heavy atom. The quantitative estimate of drug-likeness (QED) is 0.772. The van der Waals surface area contributed by atoms with E-state index < -0.39 is 5.60 Å². The Morgan fingerprint density at radius 2 is 1.96 bits per heavy atom. The average molecular weight is 332 g/mol. The number of rotatable bonds is 3. The van der Waals surface area contributed by atoms with Gasteiger partial charge in [-0.25, -0.2) is 4.79 Å². The molecule has 24 heavy (non-hydrogen) atoms. The fraction of sp³-hybridized carbons (Fsp3) is 0.632. The molecule has 0 atom stereocenters. The van der Waals surface area contributed by atoms with Crippen LogP contribution in [0.25, 0.3) is 0 Å². The zero-order valence-electron chi connectivity index (χ0n) is 15.8. The Labute approximate surface area is 144 Å². The third-order valence-electron chi connectivity index (χ3n) is 3.95. The fourth-order valence-corrected chi connectivity index (χ4v) is 2.86. The predicted octanol–water partition coefficient (Wildman–Crippen LogP) is 4.34. The SMILES string of the molecule is CC(C)CC(=O)c1cc2c(cn1)C(C)(C)CN2C(=O)OC(C)(C)C. The number of Topliss-reactive ketones (excluding diaryl/α,β-unsaturated/α-hetero) is 1. The average Bonchev–Trinajstić information content (AvgIpc) is 2.68. The van der Waals surface area contributed by atoms with Crippen LogP contribution in [0.1, 0.15) is 70.9 Å². The molecule has 2 heterocycles. The molecule has 2 rings (SSSR count). The second kappa shape index (κ2) is 6.19. The first-order valence-electron chi connectivity index (χ1n) is 8.45. The van der Waals surface area contributed by atoms with Crippen LogP contribution in [-0.4, -0.2) is 29.0 Å². The number of carbonyl (C=O) groups is 2. The van der Waals surface area contributed by atoms with Gasteiger partial charge in [-0.3, -0.25) is 14.7 Å². The molecule has 1 amide bonds. The van der Waals surface area contributed by atoms with Gasteiger partial charge in [-0.1, -0.05) is 27.7 Å². The fourth-order valence-electron chi connectivity index (χ4n) is 2.86. The third-order valence-corrected chi connectivity index (χ3v) is 3.95. The smallest absolute Gasteiger partial charge is 0.414 e. The molecule has 0 radical (unpaired) electrons. The van der Waals surface area contributed by atoms with Crippen molar-refractivity contribution in [3.8, 4) is 0 Å². The number of fused-ring (bicyclic) bond motifs is 1. The van der Waals surface area contributed by atoms with Crippen LogP contribution in [0.2, 0.25) is 0 Å². The predicted molar refractivity (Wildman–Crippen MR) is 94.6 cm³/mol. The normalized spacial score (nSPS) is 16.2. The van der Waals surface area contributed by atoms with Crippen molar-refractivity contribution in [3.63, 3.8) is 0 Å².